The van der Waals surface area contributed by atoms with Crippen molar-refractivity contribution in [2.75, 3.05) is 6.61 Å². The fraction of sp³-hybridized carbons (Fsp3) is 0.115. The maximum Gasteiger partial charge on any atom is 0.289 e. The van der Waals surface area contributed by atoms with Gasteiger partial charge in [-0.1, -0.05) is 36.4 Å². The van der Waals surface area contributed by atoms with Gasteiger partial charge in [-0.15, -0.1) is 0 Å². The van der Waals surface area contributed by atoms with Crippen LogP contribution in [0.4, 0.5) is 0 Å². The minimum atomic E-state index is -0.375. The number of hydrogen-bond acceptors (Lipinski definition) is 5. The summed E-state index contributed by atoms with van der Waals surface area (Å²) in [4.78, 5) is 12.4. The number of amides is 1. The predicted molar refractivity (Wildman–Crippen MR) is 127 cm³/mol. The minimum absolute atomic E-state index is 0.320. The van der Waals surface area contributed by atoms with E-state index in [9.17, 15) is 4.79 Å². The Morgan fingerprint density at radius 3 is 2.55 bits per heavy atom. The van der Waals surface area contributed by atoms with Crippen LogP contribution in [-0.4, -0.2) is 28.9 Å². The average molecular weight is 441 g/mol. The molecule has 0 fully saturated rings. The molecule has 0 saturated carbocycles. The molecule has 3 aromatic carbocycles. The van der Waals surface area contributed by atoms with Gasteiger partial charge < -0.3 is 9.47 Å². The summed E-state index contributed by atoms with van der Waals surface area (Å²) in [5.41, 5.74) is 6.24. The Balaban J connectivity index is 1.33. The lowest BCUT2D eigenvalue weighted by atomic mass is 10.1. The zero-order chi connectivity index (χ0) is 22.9. The van der Waals surface area contributed by atoms with E-state index >= 15 is 0 Å². The monoisotopic (exact) mass is 440 g/mol. The van der Waals surface area contributed by atoms with Gasteiger partial charge in [-0.3, -0.25) is 9.89 Å². The molecule has 4 rings (SSSR count). The zero-order valence-electron chi connectivity index (χ0n) is 18.2. The lowest BCUT2D eigenvalue weighted by Crippen LogP contribution is -2.18. The van der Waals surface area contributed by atoms with Crippen LogP contribution in [-0.2, 0) is 6.61 Å². The first-order chi connectivity index (χ1) is 16.2. The van der Waals surface area contributed by atoms with Crippen molar-refractivity contribution in [3.05, 3.63) is 102 Å². The fourth-order valence-electron chi connectivity index (χ4n) is 3.15. The third-order valence-corrected chi connectivity index (χ3v) is 4.76. The number of nitrogens with one attached hydrogen (secondary N) is 2. The molecule has 1 heterocycles. The van der Waals surface area contributed by atoms with Gasteiger partial charge in [-0.2, -0.15) is 10.2 Å². The summed E-state index contributed by atoms with van der Waals surface area (Å²) >= 11 is 0. The van der Waals surface area contributed by atoms with Gasteiger partial charge in [-0.25, -0.2) is 5.43 Å². The van der Waals surface area contributed by atoms with Crippen molar-refractivity contribution in [2.45, 2.75) is 13.5 Å². The minimum Gasteiger partial charge on any atom is -0.494 e. The van der Waals surface area contributed by atoms with E-state index in [4.69, 9.17) is 9.47 Å². The lowest BCUT2D eigenvalue weighted by molar-refractivity contribution is 0.0950. The molecule has 7 nitrogen and oxygen atoms in total. The molecule has 0 aliphatic heterocycles. The number of carbonyl (C=O) groups is 1. The first kappa shape index (κ1) is 21.8. The molecular formula is C26H24N4O3. The Morgan fingerprint density at radius 1 is 0.970 bits per heavy atom. The molecule has 1 aromatic heterocycles. The lowest BCUT2D eigenvalue weighted by Gasteiger charge is -2.06. The fourth-order valence-corrected chi connectivity index (χ4v) is 3.15. The number of hydrogen-bond donors (Lipinski definition) is 2. The highest BCUT2D eigenvalue weighted by molar-refractivity contribution is 5.94. The molecule has 0 saturated heterocycles. The molecule has 166 valence electrons. The first-order valence-electron chi connectivity index (χ1n) is 10.6. The molecule has 0 atom stereocenters. The van der Waals surface area contributed by atoms with Crippen molar-refractivity contribution in [1.82, 2.24) is 15.6 Å². The van der Waals surface area contributed by atoms with E-state index in [1.807, 2.05) is 85.8 Å². The molecule has 0 bridgehead atoms. The maximum absolute atomic E-state index is 12.4. The number of nitrogens with zero attached hydrogens (tertiary/aromatic N) is 2. The van der Waals surface area contributed by atoms with Gasteiger partial charge >= 0.3 is 0 Å². The second-order valence-electron chi connectivity index (χ2n) is 7.17. The highest BCUT2D eigenvalue weighted by Crippen LogP contribution is 2.21. The standard InChI is InChI=1S/C26H24N4O3/c1-2-32-23-13-11-21(12-14-23)24-16-25(29-28-24)26(31)30-27-17-19-7-6-8-20(15-19)18-33-22-9-4-3-5-10-22/h3-17H,2,18H2,1H3,(H,28,29)(H,30,31). The van der Waals surface area contributed by atoms with Crippen LogP contribution in [0.5, 0.6) is 11.5 Å². The molecule has 0 aliphatic carbocycles. The van der Waals surface area contributed by atoms with Crippen molar-refractivity contribution in [2.24, 2.45) is 5.10 Å². The number of benzene rings is 3. The van der Waals surface area contributed by atoms with Crippen molar-refractivity contribution >= 4 is 12.1 Å². The zero-order valence-corrected chi connectivity index (χ0v) is 18.2. The molecule has 0 aliphatic rings. The quantitative estimate of drug-likeness (QED) is 0.289. The van der Waals surface area contributed by atoms with E-state index in [1.54, 1.807) is 12.3 Å². The van der Waals surface area contributed by atoms with Crippen molar-refractivity contribution in [3.8, 4) is 22.8 Å². The summed E-state index contributed by atoms with van der Waals surface area (Å²) in [6, 6.07) is 26.6. The summed E-state index contributed by atoms with van der Waals surface area (Å²) < 4.78 is 11.2. The Hall–Kier alpha value is -4.39. The summed E-state index contributed by atoms with van der Waals surface area (Å²) in [7, 11) is 0. The van der Waals surface area contributed by atoms with Crippen LogP contribution in [0, 0.1) is 0 Å². The second-order valence-corrected chi connectivity index (χ2v) is 7.17. The molecule has 0 radical (unpaired) electrons. The van der Waals surface area contributed by atoms with E-state index in [2.05, 4.69) is 20.7 Å². The van der Waals surface area contributed by atoms with Gasteiger partial charge in [0, 0.05) is 5.56 Å². The molecule has 0 unspecified atom stereocenters. The van der Waals surface area contributed by atoms with Gasteiger partial charge in [0.2, 0.25) is 0 Å². The Bertz CT molecular complexity index is 1220. The Morgan fingerprint density at radius 2 is 1.76 bits per heavy atom. The third-order valence-electron chi connectivity index (χ3n) is 4.76. The van der Waals surface area contributed by atoms with Crippen molar-refractivity contribution < 1.29 is 14.3 Å². The largest absolute Gasteiger partial charge is 0.494 e. The van der Waals surface area contributed by atoms with Gasteiger partial charge in [-0.05, 0) is 66.6 Å². The summed E-state index contributed by atoms with van der Waals surface area (Å²) in [6.45, 7) is 2.99. The Labute approximate surface area is 192 Å². The van der Waals surface area contributed by atoms with E-state index in [0.717, 1.165) is 28.2 Å². The molecule has 2 N–H and O–H groups in total. The number of ether oxygens (including phenoxy) is 2. The van der Waals surface area contributed by atoms with Crippen LogP contribution in [0.15, 0.2) is 90.0 Å². The maximum atomic E-state index is 12.4. The summed E-state index contributed by atoms with van der Waals surface area (Å²) in [5.74, 6) is 1.23. The van der Waals surface area contributed by atoms with Crippen molar-refractivity contribution in [3.63, 3.8) is 0 Å². The molecular weight excluding hydrogens is 416 g/mol. The van der Waals surface area contributed by atoms with Crippen LogP contribution in [0.2, 0.25) is 0 Å². The molecule has 1 amide bonds. The molecule has 33 heavy (non-hydrogen) atoms. The van der Waals surface area contributed by atoms with E-state index in [1.165, 1.54) is 0 Å². The normalized spacial score (nSPS) is 10.8. The van der Waals surface area contributed by atoms with Crippen LogP contribution in [0.1, 0.15) is 28.5 Å². The van der Waals surface area contributed by atoms with Gasteiger partial charge in [0.05, 0.1) is 18.5 Å². The third kappa shape index (κ3) is 6.07. The average Bonchev–Trinajstić information content (AvgIpc) is 3.35. The summed E-state index contributed by atoms with van der Waals surface area (Å²) in [6.07, 6.45) is 1.59. The number of para-hydroxylation sites is 1. The van der Waals surface area contributed by atoms with Crippen LogP contribution >= 0.6 is 0 Å². The van der Waals surface area contributed by atoms with E-state index < -0.39 is 0 Å². The second kappa shape index (κ2) is 10.8. The number of H-pyrrole nitrogens is 1. The number of aromatic amines is 1. The topological polar surface area (TPSA) is 88.6 Å². The van der Waals surface area contributed by atoms with Crippen LogP contribution < -0.4 is 14.9 Å². The van der Waals surface area contributed by atoms with E-state index in [-0.39, 0.29) is 5.91 Å². The SMILES string of the molecule is CCOc1ccc(-c2cc(C(=O)NN=Cc3cccc(COc4ccccc4)c3)[nH]n2)cc1. The highest BCUT2D eigenvalue weighted by atomic mass is 16.5. The number of hydrazone groups is 1. The molecule has 7 heteroatoms. The first-order valence-corrected chi connectivity index (χ1v) is 10.6. The predicted octanol–water partition coefficient (Wildman–Crippen LogP) is 4.82. The highest BCUT2D eigenvalue weighted by Gasteiger charge is 2.10. The number of rotatable bonds is 9. The smallest absolute Gasteiger partial charge is 0.289 e. The van der Waals surface area contributed by atoms with Gasteiger partial charge in [0.15, 0.2) is 0 Å². The number of carbonyl (C=O) groups excluding carboxylic acids is 1. The van der Waals surface area contributed by atoms with Gasteiger partial charge in [0.1, 0.15) is 23.8 Å². The van der Waals surface area contributed by atoms with E-state index in [0.29, 0.717) is 24.6 Å². The van der Waals surface area contributed by atoms with Gasteiger partial charge in [0.25, 0.3) is 5.91 Å². The van der Waals surface area contributed by atoms with Crippen LogP contribution in [0.25, 0.3) is 11.3 Å². The summed E-state index contributed by atoms with van der Waals surface area (Å²) in [5, 5.41) is 11.0. The number of aromatic nitrogens is 2. The van der Waals surface area contributed by atoms with Crippen molar-refractivity contribution in [1.29, 1.82) is 0 Å². The molecule has 0 spiro atoms. The molecule has 4 aromatic rings. The Kier molecular flexibility index (Phi) is 7.12. The van der Waals surface area contributed by atoms with Crippen LogP contribution in [0.3, 0.4) is 0 Å².